The molecule has 0 spiro atoms. The summed E-state index contributed by atoms with van der Waals surface area (Å²) in [6.45, 7) is 8.69. The smallest absolute Gasteiger partial charge is 0.0342 e. The van der Waals surface area contributed by atoms with Crippen LogP contribution in [-0.4, -0.2) is 6.04 Å². The van der Waals surface area contributed by atoms with Crippen LogP contribution in [0.1, 0.15) is 45.1 Å². The molecule has 0 amide bonds. The molecule has 1 heteroatoms. The van der Waals surface area contributed by atoms with Gasteiger partial charge in [0.25, 0.3) is 0 Å². The first-order valence-corrected chi connectivity index (χ1v) is 8.35. The van der Waals surface area contributed by atoms with Gasteiger partial charge in [-0.3, -0.25) is 0 Å². The third-order valence-electron chi connectivity index (χ3n) is 4.12. The Morgan fingerprint density at radius 1 is 0.955 bits per heavy atom. The van der Waals surface area contributed by atoms with Gasteiger partial charge in [0, 0.05) is 11.7 Å². The van der Waals surface area contributed by atoms with Crippen LogP contribution >= 0.6 is 0 Å². The van der Waals surface area contributed by atoms with Gasteiger partial charge in [-0.1, -0.05) is 87.9 Å². The highest BCUT2D eigenvalue weighted by Gasteiger charge is 2.07. The van der Waals surface area contributed by atoms with Gasteiger partial charge in [-0.2, -0.15) is 0 Å². The van der Waals surface area contributed by atoms with Gasteiger partial charge in [0.1, 0.15) is 0 Å². The van der Waals surface area contributed by atoms with Crippen LogP contribution in [0.2, 0.25) is 0 Å². The quantitative estimate of drug-likeness (QED) is 0.640. The van der Waals surface area contributed by atoms with E-state index in [1.54, 1.807) is 0 Å². The van der Waals surface area contributed by atoms with E-state index in [4.69, 9.17) is 0 Å². The number of nitrogens with one attached hydrogen (secondary N) is 1. The Morgan fingerprint density at radius 3 is 2.18 bits per heavy atom. The largest absolute Gasteiger partial charge is 0.382 e. The number of rotatable bonds is 8. The van der Waals surface area contributed by atoms with Crippen molar-refractivity contribution in [3.63, 3.8) is 0 Å². The predicted octanol–water partition coefficient (Wildman–Crippen LogP) is 5.88. The fourth-order valence-corrected chi connectivity index (χ4v) is 2.65. The summed E-state index contributed by atoms with van der Waals surface area (Å²) in [4.78, 5) is 0. The van der Waals surface area contributed by atoms with E-state index in [2.05, 4.69) is 74.3 Å². The first-order chi connectivity index (χ1) is 10.7. The second-order valence-electron chi connectivity index (χ2n) is 5.81. The van der Waals surface area contributed by atoms with Crippen LogP contribution in [-0.2, 0) is 0 Å². The average Bonchev–Trinajstić information content (AvgIpc) is 2.59. The minimum Gasteiger partial charge on any atom is -0.382 e. The molecule has 0 aliphatic rings. The Kier molecular flexibility index (Phi) is 6.27. The number of unbranched alkanes of at least 4 members (excludes halogenated alkanes) is 1. The molecule has 0 fully saturated rings. The van der Waals surface area contributed by atoms with Crippen molar-refractivity contribution < 1.29 is 0 Å². The van der Waals surface area contributed by atoms with Crippen molar-refractivity contribution in [1.82, 2.24) is 5.32 Å². The van der Waals surface area contributed by atoms with Crippen molar-refractivity contribution in [1.29, 1.82) is 0 Å². The molecule has 2 rings (SSSR count). The van der Waals surface area contributed by atoms with Crippen molar-refractivity contribution in [3.05, 3.63) is 66.7 Å². The molecule has 1 nitrogen and oxygen atoms in total. The maximum Gasteiger partial charge on any atom is 0.0342 e. The van der Waals surface area contributed by atoms with Crippen LogP contribution in [0.25, 0.3) is 16.8 Å². The molecule has 22 heavy (non-hydrogen) atoms. The zero-order valence-electron chi connectivity index (χ0n) is 13.8. The Balaban J connectivity index is 2.02. The van der Waals surface area contributed by atoms with Crippen molar-refractivity contribution in [2.24, 2.45) is 0 Å². The van der Waals surface area contributed by atoms with Gasteiger partial charge >= 0.3 is 0 Å². The summed E-state index contributed by atoms with van der Waals surface area (Å²) in [6, 6.07) is 19.7. The topological polar surface area (TPSA) is 12.0 Å². The van der Waals surface area contributed by atoms with Gasteiger partial charge in [0.15, 0.2) is 0 Å². The molecule has 0 heterocycles. The molecule has 2 aromatic rings. The lowest BCUT2D eigenvalue weighted by atomic mass is 10.0. The number of hydrogen-bond donors (Lipinski definition) is 1. The second kappa shape index (κ2) is 8.43. The molecule has 0 saturated carbocycles. The van der Waals surface area contributed by atoms with Gasteiger partial charge in [-0.15, -0.1) is 0 Å². The maximum absolute atomic E-state index is 4.21. The minimum atomic E-state index is 0.529. The van der Waals surface area contributed by atoms with Crippen molar-refractivity contribution in [2.45, 2.75) is 45.6 Å². The number of benzene rings is 2. The Morgan fingerprint density at radius 2 is 1.59 bits per heavy atom. The van der Waals surface area contributed by atoms with Crippen LogP contribution in [0, 0.1) is 0 Å². The summed E-state index contributed by atoms with van der Waals surface area (Å²) in [6.07, 6.45) is 4.87. The SMILES string of the molecule is C=C(NC(CC)CCCC)c1ccc(-c2ccccc2)cc1. The fourth-order valence-electron chi connectivity index (χ4n) is 2.65. The molecule has 0 aliphatic heterocycles. The maximum atomic E-state index is 4.21. The monoisotopic (exact) mass is 293 g/mol. The van der Waals surface area contributed by atoms with E-state index in [-0.39, 0.29) is 0 Å². The highest BCUT2D eigenvalue weighted by molar-refractivity contribution is 5.68. The van der Waals surface area contributed by atoms with Gasteiger partial charge < -0.3 is 5.32 Å². The van der Waals surface area contributed by atoms with Crippen LogP contribution < -0.4 is 5.32 Å². The molecule has 0 bridgehead atoms. The minimum absolute atomic E-state index is 0.529. The Labute approximate surface area is 135 Å². The molecule has 0 aliphatic carbocycles. The van der Waals surface area contributed by atoms with Gasteiger partial charge in [-0.25, -0.2) is 0 Å². The van der Waals surface area contributed by atoms with Crippen LogP contribution in [0.4, 0.5) is 0 Å². The van der Waals surface area contributed by atoms with E-state index < -0.39 is 0 Å². The van der Waals surface area contributed by atoms with E-state index in [0.717, 1.165) is 12.1 Å². The molecular formula is C21H27N. The summed E-state index contributed by atoms with van der Waals surface area (Å²) >= 11 is 0. The third-order valence-corrected chi connectivity index (χ3v) is 4.12. The molecule has 0 radical (unpaired) electrons. The highest BCUT2D eigenvalue weighted by Crippen LogP contribution is 2.21. The van der Waals surface area contributed by atoms with Crippen LogP contribution in [0.5, 0.6) is 0 Å². The van der Waals surface area contributed by atoms with Gasteiger partial charge in [-0.05, 0) is 29.5 Å². The third kappa shape index (κ3) is 4.49. The molecular weight excluding hydrogens is 266 g/mol. The van der Waals surface area contributed by atoms with Crippen molar-refractivity contribution in [3.8, 4) is 11.1 Å². The lowest BCUT2D eigenvalue weighted by molar-refractivity contribution is 0.512. The normalized spacial score (nSPS) is 11.9. The molecule has 0 saturated heterocycles. The molecule has 1 atom stereocenters. The van der Waals surface area contributed by atoms with E-state index >= 15 is 0 Å². The van der Waals surface area contributed by atoms with Crippen LogP contribution in [0.3, 0.4) is 0 Å². The summed E-state index contributed by atoms with van der Waals surface area (Å²) in [5.41, 5.74) is 4.70. The first kappa shape index (κ1) is 16.4. The molecule has 116 valence electrons. The van der Waals surface area contributed by atoms with Gasteiger partial charge in [0.2, 0.25) is 0 Å². The molecule has 1 N–H and O–H groups in total. The van der Waals surface area contributed by atoms with Gasteiger partial charge in [0.05, 0.1) is 0 Å². The first-order valence-electron chi connectivity index (χ1n) is 8.35. The molecule has 2 aromatic carbocycles. The highest BCUT2D eigenvalue weighted by atomic mass is 14.9. The predicted molar refractivity (Wildman–Crippen MR) is 97.7 cm³/mol. The lowest BCUT2D eigenvalue weighted by Crippen LogP contribution is -2.26. The average molecular weight is 293 g/mol. The Bertz CT molecular complexity index is 569. The van der Waals surface area contributed by atoms with E-state index in [1.807, 2.05) is 6.07 Å². The zero-order valence-corrected chi connectivity index (χ0v) is 13.8. The summed E-state index contributed by atoms with van der Waals surface area (Å²) < 4.78 is 0. The number of hydrogen-bond acceptors (Lipinski definition) is 1. The lowest BCUT2D eigenvalue weighted by Gasteiger charge is -2.20. The zero-order chi connectivity index (χ0) is 15.8. The van der Waals surface area contributed by atoms with Crippen LogP contribution in [0.15, 0.2) is 61.2 Å². The van der Waals surface area contributed by atoms with E-state index in [1.165, 1.54) is 36.0 Å². The summed E-state index contributed by atoms with van der Waals surface area (Å²) in [5, 5.41) is 3.58. The molecule has 0 aromatic heterocycles. The van der Waals surface area contributed by atoms with Crippen molar-refractivity contribution in [2.75, 3.05) is 0 Å². The van der Waals surface area contributed by atoms with E-state index in [9.17, 15) is 0 Å². The fraction of sp³-hybridized carbons (Fsp3) is 0.333. The molecule has 1 unspecified atom stereocenters. The summed E-state index contributed by atoms with van der Waals surface area (Å²) in [7, 11) is 0. The standard InChI is InChI=1S/C21H27N/c1-4-6-12-21(5-2)22-17(3)18-13-15-20(16-14-18)19-10-8-7-9-11-19/h7-11,13-16,21-22H,3-6,12H2,1-2H3. The van der Waals surface area contributed by atoms with E-state index in [0.29, 0.717) is 6.04 Å². The van der Waals surface area contributed by atoms with Crippen molar-refractivity contribution >= 4 is 5.70 Å². The Hall–Kier alpha value is -2.02. The second-order valence-corrected chi connectivity index (χ2v) is 5.81. The summed E-state index contributed by atoms with van der Waals surface area (Å²) in [5.74, 6) is 0.